The monoisotopic (exact) mass is 300 g/mol. The first-order valence-electron chi connectivity index (χ1n) is 7.30. The fourth-order valence-electron chi connectivity index (χ4n) is 2.07. The Morgan fingerprint density at radius 3 is 2.32 bits per heavy atom. The van der Waals surface area contributed by atoms with Gasteiger partial charge in [0.1, 0.15) is 5.75 Å². The summed E-state index contributed by atoms with van der Waals surface area (Å²) in [5.74, 6) is 0.198. The number of hydrogen-bond acceptors (Lipinski definition) is 4. The van der Waals surface area contributed by atoms with E-state index in [9.17, 15) is 4.79 Å². The van der Waals surface area contributed by atoms with E-state index in [-0.39, 0.29) is 12.6 Å². The van der Waals surface area contributed by atoms with Gasteiger partial charge in [-0.2, -0.15) is 0 Å². The van der Waals surface area contributed by atoms with Crippen molar-refractivity contribution in [2.45, 2.75) is 26.1 Å². The maximum Gasteiger partial charge on any atom is 0.347 e. The van der Waals surface area contributed by atoms with Crippen LogP contribution in [0, 0.1) is 0 Å². The van der Waals surface area contributed by atoms with Crippen molar-refractivity contribution >= 4 is 5.97 Å². The normalized spacial score (nSPS) is 11.7. The molecule has 4 heteroatoms. The van der Waals surface area contributed by atoms with E-state index in [1.807, 2.05) is 30.3 Å². The van der Waals surface area contributed by atoms with Crippen LogP contribution < -0.4 is 4.74 Å². The highest BCUT2D eigenvalue weighted by Crippen LogP contribution is 2.17. The lowest BCUT2D eigenvalue weighted by Gasteiger charge is -2.18. The lowest BCUT2D eigenvalue weighted by molar-refractivity contribution is -0.151. The SMILES string of the molecule is CCOC(=O)[C@H](Cc1ccccc1)Oc1ccc(CO)cc1. The van der Waals surface area contributed by atoms with Crippen LogP contribution in [-0.2, 0) is 22.6 Å². The van der Waals surface area contributed by atoms with E-state index >= 15 is 0 Å². The Hall–Kier alpha value is -2.33. The number of esters is 1. The Kier molecular flexibility index (Phi) is 5.98. The van der Waals surface area contributed by atoms with Gasteiger partial charge in [0.05, 0.1) is 13.2 Å². The van der Waals surface area contributed by atoms with Gasteiger partial charge in [-0.25, -0.2) is 4.79 Å². The molecule has 2 aromatic rings. The van der Waals surface area contributed by atoms with Gasteiger partial charge in [0.25, 0.3) is 0 Å². The van der Waals surface area contributed by atoms with Gasteiger partial charge < -0.3 is 14.6 Å². The summed E-state index contributed by atoms with van der Waals surface area (Å²) in [6.45, 7) is 2.07. The second-order valence-corrected chi connectivity index (χ2v) is 4.85. The zero-order chi connectivity index (χ0) is 15.8. The van der Waals surface area contributed by atoms with E-state index in [1.165, 1.54) is 0 Å². The van der Waals surface area contributed by atoms with Crippen LogP contribution >= 0.6 is 0 Å². The molecule has 22 heavy (non-hydrogen) atoms. The summed E-state index contributed by atoms with van der Waals surface area (Å²) in [4.78, 5) is 12.1. The Morgan fingerprint density at radius 1 is 1.05 bits per heavy atom. The Morgan fingerprint density at radius 2 is 1.73 bits per heavy atom. The molecule has 0 saturated carbocycles. The molecule has 0 aliphatic carbocycles. The van der Waals surface area contributed by atoms with Crippen LogP contribution in [0.1, 0.15) is 18.1 Å². The molecule has 0 bridgehead atoms. The van der Waals surface area contributed by atoms with Crippen molar-refractivity contribution in [3.8, 4) is 5.75 Å². The zero-order valence-electron chi connectivity index (χ0n) is 12.6. The van der Waals surface area contributed by atoms with Gasteiger partial charge >= 0.3 is 5.97 Å². The topological polar surface area (TPSA) is 55.8 Å². The van der Waals surface area contributed by atoms with Gasteiger partial charge in [-0.05, 0) is 30.2 Å². The molecular formula is C18H20O4. The molecule has 0 saturated heterocycles. The van der Waals surface area contributed by atoms with Gasteiger partial charge in [0.2, 0.25) is 0 Å². The highest BCUT2D eigenvalue weighted by atomic mass is 16.6. The fraction of sp³-hybridized carbons (Fsp3) is 0.278. The maximum absolute atomic E-state index is 12.1. The van der Waals surface area contributed by atoms with E-state index < -0.39 is 6.10 Å². The summed E-state index contributed by atoms with van der Waals surface area (Å²) in [6.07, 6.45) is -0.246. The van der Waals surface area contributed by atoms with Gasteiger partial charge in [-0.3, -0.25) is 0 Å². The van der Waals surface area contributed by atoms with E-state index in [1.54, 1.807) is 31.2 Å². The third-order valence-corrected chi connectivity index (χ3v) is 3.20. The number of carbonyl (C=O) groups is 1. The Labute approximate surface area is 130 Å². The molecular weight excluding hydrogens is 280 g/mol. The standard InChI is InChI=1S/C18H20O4/c1-2-21-18(20)17(12-14-6-4-3-5-7-14)22-16-10-8-15(13-19)9-11-16/h3-11,17,19H,2,12-13H2,1H3/t17-/m0/s1. The van der Waals surface area contributed by atoms with Gasteiger partial charge in [0, 0.05) is 6.42 Å². The second-order valence-electron chi connectivity index (χ2n) is 4.85. The molecule has 0 aromatic heterocycles. The van der Waals surface area contributed by atoms with Crippen LogP contribution in [-0.4, -0.2) is 23.8 Å². The third kappa shape index (κ3) is 4.60. The average Bonchev–Trinajstić information content (AvgIpc) is 2.56. The largest absolute Gasteiger partial charge is 0.478 e. The predicted molar refractivity (Wildman–Crippen MR) is 83.6 cm³/mol. The van der Waals surface area contributed by atoms with Gasteiger partial charge in [0.15, 0.2) is 6.10 Å². The lowest BCUT2D eigenvalue weighted by Crippen LogP contribution is -2.31. The highest BCUT2D eigenvalue weighted by molar-refractivity contribution is 5.75. The predicted octanol–water partition coefficient (Wildman–Crippen LogP) is 2.73. The molecule has 0 aliphatic rings. The molecule has 2 aromatic carbocycles. The van der Waals surface area contributed by atoms with Crippen LogP contribution in [0.4, 0.5) is 0 Å². The molecule has 0 spiro atoms. The first-order valence-corrected chi connectivity index (χ1v) is 7.30. The molecule has 0 aliphatic heterocycles. The van der Waals surface area contributed by atoms with E-state index in [4.69, 9.17) is 14.6 Å². The van der Waals surface area contributed by atoms with Crippen molar-refractivity contribution < 1.29 is 19.4 Å². The van der Waals surface area contributed by atoms with Crippen molar-refractivity contribution in [1.29, 1.82) is 0 Å². The Balaban J connectivity index is 2.11. The summed E-state index contributed by atoms with van der Waals surface area (Å²) >= 11 is 0. The number of benzene rings is 2. The molecule has 0 heterocycles. The van der Waals surface area contributed by atoms with Gasteiger partial charge in [-0.1, -0.05) is 42.5 Å². The smallest absolute Gasteiger partial charge is 0.347 e. The minimum absolute atomic E-state index is 0.0222. The zero-order valence-corrected chi connectivity index (χ0v) is 12.6. The summed E-state index contributed by atoms with van der Waals surface area (Å²) in [6, 6.07) is 16.7. The van der Waals surface area contributed by atoms with Crippen LogP contribution in [0.3, 0.4) is 0 Å². The molecule has 116 valence electrons. The van der Waals surface area contributed by atoms with E-state index in [2.05, 4.69) is 0 Å². The van der Waals surface area contributed by atoms with Crippen molar-refractivity contribution in [2.24, 2.45) is 0 Å². The van der Waals surface area contributed by atoms with Crippen LogP contribution in [0.5, 0.6) is 5.75 Å². The van der Waals surface area contributed by atoms with E-state index in [0.717, 1.165) is 11.1 Å². The lowest BCUT2D eigenvalue weighted by atomic mass is 10.1. The number of ether oxygens (including phenoxy) is 2. The summed E-state index contributed by atoms with van der Waals surface area (Å²) in [7, 11) is 0. The first kappa shape index (κ1) is 16.0. The quantitative estimate of drug-likeness (QED) is 0.799. The Bertz CT molecular complexity index is 578. The van der Waals surface area contributed by atoms with E-state index in [0.29, 0.717) is 18.8 Å². The van der Waals surface area contributed by atoms with Crippen LogP contribution in [0.2, 0.25) is 0 Å². The number of hydrogen-bond donors (Lipinski definition) is 1. The highest BCUT2D eigenvalue weighted by Gasteiger charge is 2.22. The minimum atomic E-state index is -0.692. The maximum atomic E-state index is 12.1. The molecule has 0 amide bonds. The molecule has 4 nitrogen and oxygen atoms in total. The molecule has 0 radical (unpaired) electrons. The van der Waals surface area contributed by atoms with Crippen molar-refractivity contribution in [3.63, 3.8) is 0 Å². The number of aliphatic hydroxyl groups is 1. The third-order valence-electron chi connectivity index (χ3n) is 3.20. The van der Waals surface area contributed by atoms with Crippen molar-refractivity contribution in [1.82, 2.24) is 0 Å². The molecule has 1 atom stereocenters. The van der Waals surface area contributed by atoms with Crippen molar-refractivity contribution in [2.75, 3.05) is 6.61 Å². The number of rotatable bonds is 7. The van der Waals surface area contributed by atoms with Crippen LogP contribution in [0.15, 0.2) is 54.6 Å². The fourth-order valence-corrected chi connectivity index (χ4v) is 2.07. The minimum Gasteiger partial charge on any atom is -0.478 e. The number of aliphatic hydroxyl groups excluding tert-OH is 1. The average molecular weight is 300 g/mol. The second kappa shape index (κ2) is 8.20. The number of carbonyl (C=O) groups excluding carboxylic acids is 1. The summed E-state index contributed by atoms with van der Waals surface area (Å²) in [5.41, 5.74) is 1.80. The molecule has 1 N–H and O–H groups in total. The summed E-state index contributed by atoms with van der Waals surface area (Å²) in [5, 5.41) is 9.05. The van der Waals surface area contributed by atoms with Crippen molar-refractivity contribution in [3.05, 3.63) is 65.7 Å². The molecule has 0 unspecified atom stereocenters. The van der Waals surface area contributed by atoms with Crippen LogP contribution in [0.25, 0.3) is 0 Å². The summed E-state index contributed by atoms with van der Waals surface area (Å²) < 4.78 is 10.9. The molecule has 0 fully saturated rings. The van der Waals surface area contributed by atoms with Gasteiger partial charge in [-0.15, -0.1) is 0 Å². The molecule has 2 rings (SSSR count). The first-order chi connectivity index (χ1) is 10.7.